The van der Waals surface area contributed by atoms with Gasteiger partial charge in [-0.25, -0.2) is 0 Å². The first kappa shape index (κ1) is 28.5. The van der Waals surface area contributed by atoms with Gasteiger partial charge < -0.3 is 23.5 Å². The van der Waals surface area contributed by atoms with E-state index >= 15 is 0 Å². The van der Waals surface area contributed by atoms with Crippen molar-refractivity contribution in [2.24, 2.45) is 7.05 Å². The first-order valence-electron chi connectivity index (χ1n) is 13.5. The molecule has 2 aliphatic rings. The molecule has 214 valence electrons. The summed E-state index contributed by atoms with van der Waals surface area (Å²) >= 11 is 0. The van der Waals surface area contributed by atoms with Crippen molar-refractivity contribution >= 4 is 29.4 Å². The monoisotopic (exact) mass is 557 g/mol. The Morgan fingerprint density at radius 2 is 1.57 bits per heavy atom. The van der Waals surface area contributed by atoms with Crippen molar-refractivity contribution in [3.8, 4) is 5.75 Å². The first-order chi connectivity index (χ1) is 18.7. The van der Waals surface area contributed by atoms with E-state index in [1.165, 1.54) is 0 Å². The Morgan fingerprint density at radius 1 is 0.950 bits per heavy atom. The lowest BCUT2D eigenvalue weighted by Gasteiger charge is -2.34. The lowest BCUT2D eigenvalue weighted by molar-refractivity contribution is -0.153. The molecule has 2 aromatic carbocycles. The van der Waals surface area contributed by atoms with Crippen LogP contribution in [0.15, 0.2) is 48.5 Å². The normalized spacial score (nSPS) is 19.4. The molecule has 0 bridgehead atoms. The van der Waals surface area contributed by atoms with Gasteiger partial charge in [0.1, 0.15) is 11.4 Å². The van der Waals surface area contributed by atoms with Gasteiger partial charge in [-0.15, -0.1) is 0 Å². The maximum atomic E-state index is 13.5. The highest BCUT2D eigenvalue weighted by Gasteiger charge is 2.51. The molecule has 11 heteroatoms. The van der Waals surface area contributed by atoms with Crippen molar-refractivity contribution < 1.29 is 32.0 Å². The van der Waals surface area contributed by atoms with Crippen LogP contribution in [0.5, 0.6) is 5.75 Å². The molecule has 1 amide bonds. The van der Waals surface area contributed by atoms with E-state index in [-0.39, 0.29) is 11.7 Å². The van der Waals surface area contributed by atoms with Gasteiger partial charge in [-0.05, 0) is 63.0 Å². The molecule has 0 radical (unpaired) electrons. The van der Waals surface area contributed by atoms with Gasteiger partial charge in [-0.3, -0.25) is 9.69 Å². The largest absolute Gasteiger partial charge is 0.494 e. The predicted molar refractivity (Wildman–Crippen MR) is 148 cm³/mol. The first-order valence-corrected chi connectivity index (χ1v) is 13.5. The molecular weight excluding hydrogens is 522 g/mol. The summed E-state index contributed by atoms with van der Waals surface area (Å²) in [6.45, 7) is 10.0. The van der Waals surface area contributed by atoms with Gasteiger partial charge in [0, 0.05) is 50.7 Å². The Balaban J connectivity index is 1.20. The number of piperazine rings is 1. The number of carbonyl (C=O) groups is 1. The van der Waals surface area contributed by atoms with Crippen molar-refractivity contribution in [2.45, 2.75) is 51.6 Å². The molecule has 0 unspecified atom stereocenters. The molecule has 0 spiro atoms. The maximum absolute atomic E-state index is 13.5. The Kier molecular flexibility index (Phi) is 7.43. The van der Waals surface area contributed by atoms with Gasteiger partial charge in [0.25, 0.3) is 5.91 Å². The summed E-state index contributed by atoms with van der Waals surface area (Å²) in [5, 5.41) is 0.979. The Labute approximate surface area is 232 Å². The molecular formula is C29H35BF3N3O4. The molecule has 2 aliphatic heterocycles. The van der Waals surface area contributed by atoms with Crippen LogP contribution in [-0.4, -0.2) is 77.6 Å². The highest BCUT2D eigenvalue weighted by atomic mass is 19.4. The second-order valence-corrected chi connectivity index (χ2v) is 11.6. The van der Waals surface area contributed by atoms with Crippen LogP contribution < -0.4 is 10.2 Å². The van der Waals surface area contributed by atoms with Crippen LogP contribution in [0, 0.1) is 0 Å². The van der Waals surface area contributed by atoms with E-state index in [9.17, 15) is 18.0 Å². The number of halogens is 3. The molecule has 40 heavy (non-hydrogen) atoms. The number of aromatic nitrogens is 1. The molecule has 7 nitrogen and oxygen atoms in total. The molecule has 3 heterocycles. The summed E-state index contributed by atoms with van der Waals surface area (Å²) in [6, 6.07) is 14.6. The zero-order valence-corrected chi connectivity index (χ0v) is 23.5. The number of hydrogen-bond acceptors (Lipinski definition) is 5. The van der Waals surface area contributed by atoms with Gasteiger partial charge >= 0.3 is 13.3 Å². The topological polar surface area (TPSA) is 56.2 Å². The number of nitrogens with zero attached hydrogens (tertiary/aromatic N) is 3. The standard InChI is InChI=1S/C29H35BF3N3O4/c1-27(2)28(3,4)40-30(39-27)22-9-8-21-16-25(34(5)24(21)17-22)26(37)36-14-12-35(13-15-36)18-20-6-10-23(11-7-20)38-19-29(31,32)33/h6-11,16-17H,12-15,18-19H2,1-5H3. The van der Waals surface area contributed by atoms with E-state index in [4.69, 9.17) is 14.0 Å². The fourth-order valence-corrected chi connectivity index (χ4v) is 5.06. The molecule has 2 saturated heterocycles. The lowest BCUT2D eigenvalue weighted by atomic mass is 9.79. The summed E-state index contributed by atoms with van der Waals surface area (Å²) in [5.41, 5.74) is 2.60. The van der Waals surface area contributed by atoms with E-state index < -0.39 is 31.1 Å². The number of alkyl halides is 3. The van der Waals surface area contributed by atoms with E-state index in [0.717, 1.165) is 21.9 Å². The van der Waals surface area contributed by atoms with Crippen LogP contribution in [0.2, 0.25) is 0 Å². The Bertz CT molecular complexity index is 1360. The third-order valence-electron chi connectivity index (χ3n) is 8.21. The number of hydrogen-bond donors (Lipinski definition) is 0. The number of amides is 1. The van der Waals surface area contributed by atoms with E-state index in [1.54, 1.807) is 24.3 Å². The third kappa shape index (κ3) is 5.87. The SMILES string of the molecule is Cn1c(C(=O)N2CCN(Cc3ccc(OCC(F)(F)F)cc3)CC2)cc2ccc(B3OC(C)(C)C(C)(C)O3)cc21. The Morgan fingerprint density at radius 3 is 2.17 bits per heavy atom. The number of benzene rings is 2. The highest BCUT2D eigenvalue weighted by Crippen LogP contribution is 2.36. The number of carbonyl (C=O) groups excluding carboxylic acids is 1. The van der Waals surface area contributed by atoms with Crippen LogP contribution in [0.25, 0.3) is 10.9 Å². The molecule has 0 aliphatic carbocycles. The molecule has 0 atom stereocenters. The minimum Gasteiger partial charge on any atom is -0.484 e. The van der Waals surface area contributed by atoms with E-state index in [1.807, 2.05) is 68.5 Å². The zero-order chi connectivity index (χ0) is 28.9. The van der Waals surface area contributed by atoms with Crippen molar-refractivity contribution in [3.05, 3.63) is 59.8 Å². The lowest BCUT2D eigenvalue weighted by Crippen LogP contribution is -2.48. The smallest absolute Gasteiger partial charge is 0.484 e. The van der Waals surface area contributed by atoms with Crippen molar-refractivity contribution in [3.63, 3.8) is 0 Å². The fourth-order valence-electron chi connectivity index (χ4n) is 5.06. The highest BCUT2D eigenvalue weighted by molar-refractivity contribution is 6.62. The molecule has 0 N–H and O–H groups in total. The number of fused-ring (bicyclic) bond motifs is 1. The molecule has 5 rings (SSSR count). The fraction of sp³-hybridized carbons (Fsp3) is 0.483. The van der Waals surface area contributed by atoms with Crippen LogP contribution in [-0.2, 0) is 22.9 Å². The molecule has 3 aromatic rings. The van der Waals surface area contributed by atoms with Gasteiger partial charge in [-0.2, -0.15) is 13.2 Å². The van der Waals surface area contributed by atoms with Gasteiger partial charge in [0.05, 0.1) is 11.2 Å². The molecule has 2 fully saturated rings. The Hall–Kier alpha value is -3.02. The van der Waals surface area contributed by atoms with Crippen LogP contribution >= 0.6 is 0 Å². The average molecular weight is 557 g/mol. The van der Waals surface area contributed by atoms with Crippen molar-refractivity contribution in [1.82, 2.24) is 14.4 Å². The van der Waals surface area contributed by atoms with Crippen LogP contribution in [0.3, 0.4) is 0 Å². The predicted octanol–water partition coefficient (Wildman–Crippen LogP) is 4.38. The van der Waals surface area contributed by atoms with Crippen molar-refractivity contribution in [2.75, 3.05) is 32.8 Å². The van der Waals surface area contributed by atoms with Gasteiger partial charge in [0.2, 0.25) is 0 Å². The van der Waals surface area contributed by atoms with Crippen molar-refractivity contribution in [1.29, 1.82) is 0 Å². The number of ether oxygens (including phenoxy) is 1. The van der Waals surface area contributed by atoms with Gasteiger partial charge in [-0.1, -0.05) is 24.3 Å². The van der Waals surface area contributed by atoms with Crippen LogP contribution in [0.4, 0.5) is 13.2 Å². The summed E-state index contributed by atoms with van der Waals surface area (Å²) in [7, 11) is 1.43. The number of rotatable bonds is 6. The average Bonchev–Trinajstić information content (AvgIpc) is 3.34. The van der Waals surface area contributed by atoms with E-state index in [0.29, 0.717) is 38.4 Å². The minimum atomic E-state index is -4.36. The second-order valence-electron chi connectivity index (χ2n) is 11.6. The maximum Gasteiger partial charge on any atom is 0.494 e. The summed E-state index contributed by atoms with van der Waals surface area (Å²) in [4.78, 5) is 17.6. The minimum absolute atomic E-state index is 0.0123. The second kappa shape index (κ2) is 10.4. The third-order valence-corrected chi connectivity index (χ3v) is 8.21. The number of aryl methyl sites for hydroxylation is 1. The quantitative estimate of drug-likeness (QED) is 0.422. The molecule has 1 aromatic heterocycles. The van der Waals surface area contributed by atoms with Crippen LogP contribution in [0.1, 0.15) is 43.7 Å². The van der Waals surface area contributed by atoms with E-state index in [2.05, 4.69) is 4.90 Å². The summed E-state index contributed by atoms with van der Waals surface area (Å²) < 4.78 is 56.2. The summed E-state index contributed by atoms with van der Waals surface area (Å²) in [5.74, 6) is 0.177. The van der Waals surface area contributed by atoms with Gasteiger partial charge in [0.15, 0.2) is 6.61 Å². The molecule has 0 saturated carbocycles. The zero-order valence-electron chi connectivity index (χ0n) is 23.5. The summed E-state index contributed by atoms with van der Waals surface area (Å²) in [6.07, 6.45) is -4.36.